The Kier molecular flexibility index (Phi) is 3.08. The van der Waals surface area contributed by atoms with Crippen LogP contribution in [0.2, 0.25) is 0 Å². The third kappa shape index (κ3) is 2.37. The molecule has 0 bridgehead atoms. The molecule has 1 aliphatic rings. The molecule has 0 aliphatic carbocycles. The summed E-state index contributed by atoms with van der Waals surface area (Å²) in [5, 5.41) is 0. The van der Waals surface area contributed by atoms with Crippen LogP contribution in [0.3, 0.4) is 0 Å². The lowest BCUT2D eigenvalue weighted by atomic mass is 10.1. The Morgan fingerprint density at radius 1 is 1.67 bits per heavy atom. The third-order valence-corrected chi connectivity index (χ3v) is 2.32. The van der Waals surface area contributed by atoms with Crippen molar-refractivity contribution in [2.24, 2.45) is 5.92 Å². The highest BCUT2D eigenvalue weighted by molar-refractivity contribution is 7.97. The molecule has 1 aliphatic heterocycles. The number of nitrogens with one attached hydrogen (secondary N) is 1. The average molecular weight is 145 g/mol. The average Bonchev–Trinajstić information content (AvgIpc) is 2.13. The number of hydrogen-bond acceptors (Lipinski definition) is 3. The molecule has 0 radical (unpaired) electrons. The summed E-state index contributed by atoms with van der Waals surface area (Å²) in [7, 11) is 0. The van der Waals surface area contributed by atoms with Crippen molar-refractivity contribution in [3.05, 3.63) is 0 Å². The zero-order valence-electron chi connectivity index (χ0n) is 5.30. The van der Waals surface area contributed by atoms with E-state index in [1.165, 1.54) is 6.42 Å². The predicted molar refractivity (Wildman–Crippen MR) is 39.2 cm³/mol. The van der Waals surface area contributed by atoms with Crippen LogP contribution in [-0.4, -0.2) is 18.6 Å². The number of aldehydes is 1. The Labute approximate surface area is 59.5 Å². The van der Waals surface area contributed by atoms with Gasteiger partial charge in [0.15, 0.2) is 0 Å². The van der Waals surface area contributed by atoms with Crippen LogP contribution in [0.15, 0.2) is 0 Å². The minimum absolute atomic E-state index is 0.264. The number of carbonyl (C=O) groups is 1. The first-order chi connectivity index (χ1) is 4.43. The van der Waals surface area contributed by atoms with Crippen molar-refractivity contribution >= 4 is 18.2 Å². The normalized spacial score (nSPS) is 29.1. The van der Waals surface area contributed by atoms with Crippen molar-refractivity contribution in [3.63, 3.8) is 0 Å². The maximum atomic E-state index is 10.3. The highest BCUT2D eigenvalue weighted by atomic mass is 32.2. The Morgan fingerprint density at radius 2 is 2.56 bits per heavy atom. The summed E-state index contributed by atoms with van der Waals surface area (Å²) in [4.78, 5) is 10.3. The van der Waals surface area contributed by atoms with E-state index in [0.29, 0.717) is 0 Å². The summed E-state index contributed by atoms with van der Waals surface area (Å²) in [6.45, 7) is 0.855. The molecule has 0 spiro atoms. The molecule has 1 atom stereocenters. The van der Waals surface area contributed by atoms with Gasteiger partial charge in [0.2, 0.25) is 0 Å². The lowest BCUT2D eigenvalue weighted by molar-refractivity contribution is -0.111. The van der Waals surface area contributed by atoms with Gasteiger partial charge >= 0.3 is 0 Å². The molecule has 1 heterocycles. The SMILES string of the molecule is O=CC1CCCSNC1. The molecule has 0 aromatic rings. The monoisotopic (exact) mass is 145 g/mol. The fraction of sp³-hybridized carbons (Fsp3) is 0.833. The molecule has 1 N–H and O–H groups in total. The lowest BCUT2D eigenvalue weighted by Crippen LogP contribution is -2.15. The molecule has 1 rings (SSSR count). The molecular weight excluding hydrogens is 134 g/mol. The predicted octanol–water partition coefficient (Wildman–Crippen LogP) is 0.833. The van der Waals surface area contributed by atoms with Gasteiger partial charge in [0.25, 0.3) is 0 Å². The summed E-state index contributed by atoms with van der Waals surface area (Å²) in [5.74, 6) is 1.41. The minimum Gasteiger partial charge on any atom is -0.303 e. The molecule has 0 saturated carbocycles. The van der Waals surface area contributed by atoms with E-state index in [2.05, 4.69) is 4.72 Å². The fourth-order valence-corrected chi connectivity index (χ4v) is 1.66. The summed E-state index contributed by atoms with van der Waals surface area (Å²) in [6, 6.07) is 0. The molecule has 1 unspecified atom stereocenters. The van der Waals surface area contributed by atoms with Gasteiger partial charge in [0, 0.05) is 18.2 Å². The minimum atomic E-state index is 0.264. The summed E-state index contributed by atoms with van der Waals surface area (Å²) in [5.41, 5.74) is 0. The van der Waals surface area contributed by atoms with Crippen molar-refractivity contribution in [1.29, 1.82) is 0 Å². The first kappa shape index (κ1) is 7.09. The molecule has 0 aromatic heterocycles. The van der Waals surface area contributed by atoms with Crippen molar-refractivity contribution in [2.75, 3.05) is 12.3 Å². The standard InChI is InChI=1S/C6H11NOS/c8-5-6-2-1-3-9-7-4-6/h5-7H,1-4H2. The first-order valence-electron chi connectivity index (χ1n) is 3.23. The van der Waals surface area contributed by atoms with E-state index in [4.69, 9.17) is 0 Å². The van der Waals surface area contributed by atoms with E-state index in [9.17, 15) is 4.79 Å². The first-order valence-corrected chi connectivity index (χ1v) is 4.22. The van der Waals surface area contributed by atoms with Gasteiger partial charge in [-0.15, -0.1) is 0 Å². The molecule has 2 nitrogen and oxygen atoms in total. The highest BCUT2D eigenvalue weighted by Crippen LogP contribution is 2.11. The van der Waals surface area contributed by atoms with Crippen LogP contribution in [0, 0.1) is 5.92 Å². The van der Waals surface area contributed by atoms with E-state index in [1.807, 2.05) is 0 Å². The molecule has 0 aromatic carbocycles. The third-order valence-electron chi connectivity index (χ3n) is 1.46. The smallest absolute Gasteiger partial charge is 0.124 e. The van der Waals surface area contributed by atoms with Gasteiger partial charge in [0.1, 0.15) is 6.29 Å². The van der Waals surface area contributed by atoms with E-state index in [-0.39, 0.29) is 5.92 Å². The van der Waals surface area contributed by atoms with Gasteiger partial charge in [-0.3, -0.25) is 4.72 Å². The van der Waals surface area contributed by atoms with Gasteiger partial charge in [0.05, 0.1) is 0 Å². The van der Waals surface area contributed by atoms with Crippen LogP contribution in [0.25, 0.3) is 0 Å². The molecule has 1 fully saturated rings. The quantitative estimate of drug-likeness (QED) is 0.438. The molecule has 1 saturated heterocycles. The second kappa shape index (κ2) is 3.90. The summed E-state index contributed by atoms with van der Waals surface area (Å²) in [6.07, 6.45) is 3.28. The Morgan fingerprint density at radius 3 is 3.33 bits per heavy atom. The lowest BCUT2D eigenvalue weighted by Gasteiger charge is -2.01. The van der Waals surface area contributed by atoms with E-state index < -0.39 is 0 Å². The van der Waals surface area contributed by atoms with Crippen LogP contribution in [0.5, 0.6) is 0 Å². The van der Waals surface area contributed by atoms with Crippen molar-refractivity contribution in [1.82, 2.24) is 4.72 Å². The van der Waals surface area contributed by atoms with E-state index in [1.54, 1.807) is 11.9 Å². The zero-order chi connectivity index (χ0) is 6.53. The summed E-state index contributed by atoms with van der Waals surface area (Å²) < 4.78 is 3.13. The van der Waals surface area contributed by atoms with Crippen LogP contribution in [0.1, 0.15) is 12.8 Å². The van der Waals surface area contributed by atoms with Crippen molar-refractivity contribution < 1.29 is 4.79 Å². The molecular formula is C6H11NOS. The molecule has 3 heteroatoms. The molecule has 52 valence electrons. The van der Waals surface area contributed by atoms with E-state index in [0.717, 1.165) is 25.0 Å². The molecule has 9 heavy (non-hydrogen) atoms. The maximum absolute atomic E-state index is 10.3. The van der Waals surface area contributed by atoms with Crippen LogP contribution in [0.4, 0.5) is 0 Å². The van der Waals surface area contributed by atoms with Crippen LogP contribution >= 0.6 is 11.9 Å². The fourth-order valence-electron chi connectivity index (χ4n) is 0.874. The maximum Gasteiger partial charge on any atom is 0.124 e. The van der Waals surface area contributed by atoms with Crippen molar-refractivity contribution in [3.8, 4) is 0 Å². The summed E-state index contributed by atoms with van der Waals surface area (Å²) >= 11 is 1.73. The zero-order valence-corrected chi connectivity index (χ0v) is 6.12. The molecule has 0 amide bonds. The largest absolute Gasteiger partial charge is 0.303 e. The van der Waals surface area contributed by atoms with Crippen LogP contribution in [-0.2, 0) is 4.79 Å². The van der Waals surface area contributed by atoms with Gasteiger partial charge < -0.3 is 4.79 Å². The van der Waals surface area contributed by atoms with Crippen LogP contribution < -0.4 is 4.72 Å². The Hall–Kier alpha value is -0.0200. The number of hydrogen-bond donors (Lipinski definition) is 1. The Bertz CT molecular complexity index is 89.1. The second-order valence-corrected chi connectivity index (χ2v) is 3.22. The number of carbonyl (C=O) groups excluding carboxylic acids is 1. The highest BCUT2D eigenvalue weighted by Gasteiger charge is 2.09. The van der Waals surface area contributed by atoms with Gasteiger partial charge in [-0.2, -0.15) is 0 Å². The van der Waals surface area contributed by atoms with Crippen molar-refractivity contribution in [2.45, 2.75) is 12.8 Å². The van der Waals surface area contributed by atoms with E-state index >= 15 is 0 Å². The Balaban J connectivity index is 2.26. The van der Waals surface area contributed by atoms with Gasteiger partial charge in [-0.25, -0.2) is 0 Å². The topological polar surface area (TPSA) is 29.1 Å². The second-order valence-electron chi connectivity index (χ2n) is 2.24. The van der Waals surface area contributed by atoms with Gasteiger partial charge in [-0.1, -0.05) is 11.9 Å². The number of rotatable bonds is 1. The van der Waals surface area contributed by atoms with Gasteiger partial charge in [-0.05, 0) is 12.8 Å².